The Morgan fingerprint density at radius 3 is 2.18 bits per heavy atom. The first-order valence-corrected chi connectivity index (χ1v) is 10.1. The average molecular weight is 401 g/mol. The summed E-state index contributed by atoms with van der Waals surface area (Å²) in [6, 6.07) is 16.6. The monoisotopic (exact) mass is 400 g/mol. The summed E-state index contributed by atoms with van der Waals surface area (Å²) in [4.78, 5) is 14.6. The maximum Gasteiger partial charge on any atom is 0.257 e. The molecule has 0 heterocycles. The number of para-hydroxylation sites is 1. The van der Waals surface area contributed by atoms with E-state index in [9.17, 15) is 4.79 Å². The average Bonchev–Trinajstić information content (AvgIpc) is 2.72. The maximum atomic E-state index is 12.5. The summed E-state index contributed by atoms with van der Waals surface area (Å²) in [5.41, 5.74) is 0.511. The molecule has 2 rings (SSSR count). The Hall–Kier alpha value is -2.60. The number of nitrogens with zero attached hydrogens (tertiary/aromatic N) is 1. The number of carbonyl (C=O) groups is 1. The highest BCUT2D eigenvalue weighted by molar-refractivity contribution is 7.80. The highest BCUT2D eigenvalue weighted by Crippen LogP contribution is 2.14. The molecule has 0 saturated carbocycles. The Morgan fingerprint density at radius 2 is 1.54 bits per heavy atom. The van der Waals surface area contributed by atoms with Gasteiger partial charge >= 0.3 is 0 Å². The molecule has 0 aliphatic heterocycles. The molecule has 28 heavy (non-hydrogen) atoms. The van der Waals surface area contributed by atoms with Crippen LogP contribution in [0.15, 0.2) is 54.6 Å². The quantitative estimate of drug-likeness (QED) is 0.476. The molecule has 150 valence electrons. The van der Waals surface area contributed by atoms with Crippen LogP contribution in [0, 0.1) is 0 Å². The van der Waals surface area contributed by atoms with E-state index in [2.05, 4.69) is 19.2 Å². The van der Waals surface area contributed by atoms with Crippen molar-refractivity contribution in [2.24, 2.45) is 0 Å². The van der Waals surface area contributed by atoms with E-state index in [1.807, 2.05) is 41.3 Å². The van der Waals surface area contributed by atoms with Gasteiger partial charge in [0.15, 0.2) is 5.11 Å². The van der Waals surface area contributed by atoms with E-state index in [4.69, 9.17) is 21.7 Å². The summed E-state index contributed by atoms with van der Waals surface area (Å²) in [6.45, 7) is 6.66. The van der Waals surface area contributed by atoms with Gasteiger partial charge in [-0.15, -0.1) is 0 Å². The zero-order chi connectivity index (χ0) is 20.2. The number of amides is 1. The van der Waals surface area contributed by atoms with Crippen LogP contribution in [0.1, 0.15) is 37.0 Å². The SMILES string of the molecule is CCCN(CCC)C(=S)NC(=O)c1cccc(OCCOc2ccccc2)c1. The van der Waals surface area contributed by atoms with Crippen molar-refractivity contribution in [2.75, 3.05) is 26.3 Å². The normalized spacial score (nSPS) is 10.2. The number of nitrogens with one attached hydrogen (secondary N) is 1. The molecule has 5 nitrogen and oxygen atoms in total. The standard InChI is InChI=1S/C22H28N2O3S/c1-3-13-24(14-4-2)22(28)23-21(25)18-9-8-12-20(17-18)27-16-15-26-19-10-6-5-7-11-19/h5-12,17H,3-4,13-16H2,1-2H3,(H,23,25,28). The van der Waals surface area contributed by atoms with Gasteiger partial charge < -0.3 is 14.4 Å². The van der Waals surface area contributed by atoms with E-state index in [1.165, 1.54) is 0 Å². The second kappa shape index (κ2) is 12.0. The second-order valence-corrected chi connectivity index (χ2v) is 6.67. The predicted molar refractivity (Wildman–Crippen MR) is 116 cm³/mol. The van der Waals surface area contributed by atoms with Gasteiger partial charge in [-0.3, -0.25) is 10.1 Å². The number of carbonyl (C=O) groups excluding carboxylic acids is 1. The van der Waals surface area contributed by atoms with Gasteiger partial charge in [0, 0.05) is 18.7 Å². The van der Waals surface area contributed by atoms with Crippen molar-refractivity contribution >= 4 is 23.2 Å². The fraction of sp³-hybridized carbons (Fsp3) is 0.364. The third-order valence-electron chi connectivity index (χ3n) is 3.95. The molecule has 0 atom stereocenters. The number of rotatable bonds is 10. The van der Waals surface area contributed by atoms with Crippen molar-refractivity contribution in [3.8, 4) is 11.5 Å². The van der Waals surface area contributed by atoms with Crippen molar-refractivity contribution in [3.05, 3.63) is 60.2 Å². The van der Waals surface area contributed by atoms with E-state index in [1.54, 1.807) is 18.2 Å². The Balaban J connectivity index is 1.85. The van der Waals surface area contributed by atoms with Crippen LogP contribution >= 0.6 is 12.2 Å². The third kappa shape index (κ3) is 7.19. The van der Waals surface area contributed by atoms with Crippen LogP contribution in [0.4, 0.5) is 0 Å². The number of thiocarbonyl (C=S) groups is 1. The Morgan fingerprint density at radius 1 is 0.929 bits per heavy atom. The molecule has 0 saturated heterocycles. The van der Waals surface area contributed by atoms with Gasteiger partial charge in [0.25, 0.3) is 5.91 Å². The van der Waals surface area contributed by atoms with Crippen molar-refractivity contribution in [3.63, 3.8) is 0 Å². The molecule has 0 unspecified atom stereocenters. The predicted octanol–water partition coefficient (Wildman–Crippen LogP) is 4.28. The smallest absolute Gasteiger partial charge is 0.257 e. The van der Waals surface area contributed by atoms with Crippen molar-refractivity contribution in [1.29, 1.82) is 0 Å². The van der Waals surface area contributed by atoms with Gasteiger partial charge in [-0.05, 0) is 55.4 Å². The van der Waals surface area contributed by atoms with Gasteiger partial charge in [0.2, 0.25) is 0 Å². The first-order valence-electron chi connectivity index (χ1n) is 9.65. The lowest BCUT2D eigenvalue weighted by molar-refractivity contribution is 0.0972. The molecule has 0 spiro atoms. The Labute approximate surface area is 172 Å². The zero-order valence-corrected chi connectivity index (χ0v) is 17.3. The summed E-state index contributed by atoms with van der Waals surface area (Å²) < 4.78 is 11.3. The molecule has 0 aromatic heterocycles. The number of benzene rings is 2. The van der Waals surface area contributed by atoms with Crippen LogP contribution in [-0.4, -0.2) is 42.2 Å². The largest absolute Gasteiger partial charge is 0.490 e. The molecular formula is C22H28N2O3S. The highest BCUT2D eigenvalue weighted by Gasteiger charge is 2.13. The van der Waals surface area contributed by atoms with Gasteiger partial charge in [-0.2, -0.15) is 0 Å². The summed E-state index contributed by atoms with van der Waals surface area (Å²) in [6.07, 6.45) is 1.95. The van der Waals surface area contributed by atoms with Gasteiger partial charge in [0.1, 0.15) is 24.7 Å². The van der Waals surface area contributed by atoms with E-state index in [0.29, 0.717) is 29.6 Å². The van der Waals surface area contributed by atoms with Crippen LogP contribution in [0.3, 0.4) is 0 Å². The Kier molecular flexibility index (Phi) is 9.28. The van der Waals surface area contributed by atoms with E-state index in [0.717, 1.165) is 31.7 Å². The summed E-state index contributed by atoms with van der Waals surface area (Å²) >= 11 is 5.39. The molecule has 0 radical (unpaired) electrons. The molecule has 0 aliphatic rings. The van der Waals surface area contributed by atoms with Gasteiger partial charge in [0.05, 0.1) is 0 Å². The van der Waals surface area contributed by atoms with E-state index in [-0.39, 0.29) is 5.91 Å². The molecule has 2 aromatic carbocycles. The highest BCUT2D eigenvalue weighted by atomic mass is 32.1. The molecule has 1 amide bonds. The molecule has 0 fully saturated rings. The van der Waals surface area contributed by atoms with Crippen LogP contribution < -0.4 is 14.8 Å². The summed E-state index contributed by atoms with van der Waals surface area (Å²) in [7, 11) is 0. The minimum Gasteiger partial charge on any atom is -0.490 e. The lowest BCUT2D eigenvalue weighted by atomic mass is 10.2. The minimum atomic E-state index is -0.229. The molecule has 1 N–H and O–H groups in total. The van der Waals surface area contributed by atoms with Crippen LogP contribution in [0.25, 0.3) is 0 Å². The van der Waals surface area contributed by atoms with Crippen molar-refractivity contribution in [2.45, 2.75) is 26.7 Å². The molecule has 0 bridgehead atoms. The first kappa shape index (κ1) is 21.7. The van der Waals surface area contributed by atoms with Crippen molar-refractivity contribution in [1.82, 2.24) is 10.2 Å². The Bertz CT molecular complexity index is 746. The number of hydrogen-bond acceptors (Lipinski definition) is 4. The van der Waals surface area contributed by atoms with Crippen LogP contribution in [0.5, 0.6) is 11.5 Å². The van der Waals surface area contributed by atoms with E-state index >= 15 is 0 Å². The van der Waals surface area contributed by atoms with E-state index < -0.39 is 0 Å². The topological polar surface area (TPSA) is 50.8 Å². The van der Waals surface area contributed by atoms with Crippen LogP contribution in [-0.2, 0) is 0 Å². The molecule has 6 heteroatoms. The minimum absolute atomic E-state index is 0.229. The van der Waals surface area contributed by atoms with Crippen molar-refractivity contribution < 1.29 is 14.3 Å². The number of hydrogen-bond donors (Lipinski definition) is 1. The summed E-state index contributed by atoms with van der Waals surface area (Å²) in [5, 5.41) is 3.29. The fourth-order valence-corrected chi connectivity index (χ4v) is 2.94. The molecule has 0 aliphatic carbocycles. The first-order chi connectivity index (χ1) is 13.6. The maximum absolute atomic E-state index is 12.5. The molecular weight excluding hydrogens is 372 g/mol. The van der Waals surface area contributed by atoms with Gasteiger partial charge in [-0.1, -0.05) is 38.1 Å². The summed E-state index contributed by atoms with van der Waals surface area (Å²) in [5.74, 6) is 1.19. The lowest BCUT2D eigenvalue weighted by Crippen LogP contribution is -2.43. The molecule has 2 aromatic rings. The third-order valence-corrected chi connectivity index (χ3v) is 4.32. The number of ether oxygens (including phenoxy) is 2. The van der Waals surface area contributed by atoms with Crippen LogP contribution in [0.2, 0.25) is 0 Å². The second-order valence-electron chi connectivity index (χ2n) is 6.28. The zero-order valence-electron chi connectivity index (χ0n) is 16.5. The fourth-order valence-electron chi connectivity index (χ4n) is 2.67. The lowest BCUT2D eigenvalue weighted by Gasteiger charge is -2.24. The van der Waals surface area contributed by atoms with Gasteiger partial charge in [-0.25, -0.2) is 0 Å².